The van der Waals surface area contributed by atoms with Crippen LogP contribution in [0.15, 0.2) is 39.8 Å². The van der Waals surface area contributed by atoms with Crippen molar-refractivity contribution in [1.29, 1.82) is 0 Å². The van der Waals surface area contributed by atoms with E-state index in [2.05, 4.69) is 0 Å². The van der Waals surface area contributed by atoms with E-state index in [9.17, 15) is 14.1 Å². The number of furan rings is 1. The van der Waals surface area contributed by atoms with E-state index < -0.39 is 23.0 Å². The van der Waals surface area contributed by atoms with E-state index in [4.69, 9.17) is 4.42 Å². The van der Waals surface area contributed by atoms with Crippen LogP contribution in [0.4, 0.5) is 0 Å². The second-order valence-electron chi connectivity index (χ2n) is 5.66. The van der Waals surface area contributed by atoms with Gasteiger partial charge >= 0.3 is 5.97 Å². The fourth-order valence-electron chi connectivity index (χ4n) is 2.73. The van der Waals surface area contributed by atoms with Gasteiger partial charge in [0, 0.05) is 24.0 Å². The number of hydrogen-bond donors (Lipinski definition) is 1. The van der Waals surface area contributed by atoms with Gasteiger partial charge in [-0.05, 0) is 26.6 Å². The van der Waals surface area contributed by atoms with Crippen molar-refractivity contribution in [3.8, 4) is 0 Å². The maximum atomic E-state index is 12.8. The summed E-state index contributed by atoms with van der Waals surface area (Å²) in [5.41, 5.74) is 0.654. The monoisotopic (exact) mass is 322 g/mol. The zero-order chi connectivity index (χ0) is 15.9. The summed E-state index contributed by atoms with van der Waals surface area (Å²) in [6.45, 7) is 0.438. The zero-order valence-electron chi connectivity index (χ0n) is 12.4. The van der Waals surface area contributed by atoms with Crippen molar-refractivity contribution in [2.24, 2.45) is 0 Å². The summed E-state index contributed by atoms with van der Waals surface area (Å²) >= 11 is 0. The number of rotatable bonds is 4. The average molecular weight is 322 g/mol. The molecule has 1 N–H and O–H groups in total. The summed E-state index contributed by atoms with van der Waals surface area (Å²) < 4.78 is 19.9. The Morgan fingerprint density at radius 3 is 2.77 bits per heavy atom. The molecule has 7 heteroatoms. The largest absolute Gasteiger partial charge is 0.480 e. The van der Waals surface area contributed by atoms with E-state index in [1.807, 2.05) is 37.2 Å². The minimum atomic E-state index is -1.62. The predicted octanol–water partition coefficient (Wildman–Crippen LogP) is 1.54. The van der Waals surface area contributed by atoms with Crippen molar-refractivity contribution in [2.45, 2.75) is 23.6 Å². The number of aliphatic carboxylic acids is 1. The van der Waals surface area contributed by atoms with Crippen LogP contribution in [0.5, 0.6) is 0 Å². The molecule has 0 bridgehead atoms. The van der Waals surface area contributed by atoms with Crippen LogP contribution in [-0.4, -0.2) is 57.2 Å². The van der Waals surface area contributed by atoms with Gasteiger partial charge in [0.05, 0.1) is 0 Å². The van der Waals surface area contributed by atoms with Crippen molar-refractivity contribution in [1.82, 2.24) is 9.21 Å². The maximum absolute atomic E-state index is 12.8. The first-order valence-electron chi connectivity index (χ1n) is 7.03. The lowest BCUT2D eigenvalue weighted by molar-refractivity contribution is -0.140. The molecule has 3 rings (SSSR count). The lowest BCUT2D eigenvalue weighted by atomic mass is 10.1. The number of para-hydroxylation sites is 1. The second kappa shape index (κ2) is 5.83. The van der Waals surface area contributed by atoms with Crippen molar-refractivity contribution in [3.63, 3.8) is 0 Å². The fourth-order valence-corrected chi connectivity index (χ4v) is 4.06. The second-order valence-corrected chi connectivity index (χ2v) is 7.03. The van der Waals surface area contributed by atoms with Crippen LogP contribution in [0.1, 0.15) is 6.42 Å². The van der Waals surface area contributed by atoms with Gasteiger partial charge < -0.3 is 14.4 Å². The van der Waals surface area contributed by atoms with Crippen molar-refractivity contribution < 1.29 is 18.5 Å². The molecule has 0 aliphatic carbocycles. The van der Waals surface area contributed by atoms with Crippen LogP contribution in [-0.2, 0) is 15.8 Å². The molecule has 0 amide bonds. The molecule has 1 unspecified atom stereocenters. The Kier molecular flexibility index (Phi) is 4.03. The molecule has 1 fully saturated rings. The Bertz CT molecular complexity index is 694. The summed E-state index contributed by atoms with van der Waals surface area (Å²) in [4.78, 5) is 13.4. The summed E-state index contributed by atoms with van der Waals surface area (Å²) in [6, 6.07) is 8.42. The summed E-state index contributed by atoms with van der Waals surface area (Å²) in [5.74, 6) is -0.950. The van der Waals surface area contributed by atoms with E-state index in [0.29, 0.717) is 23.6 Å². The predicted molar refractivity (Wildman–Crippen MR) is 82.8 cm³/mol. The van der Waals surface area contributed by atoms with Crippen LogP contribution < -0.4 is 0 Å². The molecular weight excluding hydrogens is 304 g/mol. The quantitative estimate of drug-likeness (QED) is 0.924. The number of benzene rings is 1. The standard InChI is InChI=1S/C15H18N2O4S/c1-16(2)11-8-12(15(18)19)17(9-11)22(20)14-7-10-5-3-4-6-13(10)21-14/h3-7,11-12H,8-9H2,1-2H3,(H,18,19)/t11-,12+,22?/m1/s1. The number of carboxylic acids is 1. The number of nitrogens with zero attached hydrogens (tertiary/aromatic N) is 2. The third-order valence-electron chi connectivity index (χ3n) is 4.04. The number of fused-ring (bicyclic) bond motifs is 1. The minimum Gasteiger partial charge on any atom is -0.480 e. The molecule has 2 aromatic rings. The molecule has 0 radical (unpaired) electrons. The van der Waals surface area contributed by atoms with Gasteiger partial charge in [-0.1, -0.05) is 18.2 Å². The van der Waals surface area contributed by atoms with Crippen LogP contribution in [0.25, 0.3) is 11.0 Å². The average Bonchev–Trinajstić information content (AvgIpc) is 3.10. The van der Waals surface area contributed by atoms with Crippen molar-refractivity contribution in [2.75, 3.05) is 20.6 Å². The summed E-state index contributed by atoms with van der Waals surface area (Å²) in [5, 5.41) is 10.6. The highest BCUT2D eigenvalue weighted by atomic mass is 32.2. The molecule has 3 atom stereocenters. The molecule has 1 saturated heterocycles. The van der Waals surface area contributed by atoms with E-state index in [0.717, 1.165) is 5.39 Å². The molecule has 1 aliphatic heterocycles. The Morgan fingerprint density at radius 1 is 1.41 bits per heavy atom. The molecule has 0 spiro atoms. The van der Waals surface area contributed by atoms with Gasteiger partial charge in [0.25, 0.3) is 0 Å². The normalized spacial score (nSPS) is 24.1. The van der Waals surface area contributed by atoms with Gasteiger partial charge in [0.2, 0.25) is 5.09 Å². The summed E-state index contributed by atoms with van der Waals surface area (Å²) in [6.07, 6.45) is 0.453. The topological polar surface area (TPSA) is 74.0 Å². The fraction of sp³-hybridized carbons (Fsp3) is 0.400. The summed E-state index contributed by atoms with van der Waals surface area (Å²) in [7, 11) is 2.18. The molecule has 0 saturated carbocycles. The van der Waals surface area contributed by atoms with Crippen LogP contribution in [0.2, 0.25) is 0 Å². The molecule has 118 valence electrons. The molecule has 1 aromatic heterocycles. The first-order chi connectivity index (χ1) is 10.5. The van der Waals surface area contributed by atoms with Gasteiger partial charge in [-0.3, -0.25) is 4.79 Å². The number of hydrogen-bond acceptors (Lipinski definition) is 4. The Labute approximate surface area is 130 Å². The SMILES string of the molecule is CN(C)[C@@H]1C[C@@H](C(=O)O)N(S(=O)c2cc3ccccc3o2)C1. The highest BCUT2D eigenvalue weighted by Gasteiger charge is 2.41. The number of carbonyl (C=O) groups is 1. The first-order valence-corrected chi connectivity index (χ1v) is 8.14. The number of carboxylic acid groups (broad SMARTS) is 1. The lowest BCUT2D eigenvalue weighted by Gasteiger charge is -2.19. The third kappa shape index (κ3) is 2.67. The first kappa shape index (κ1) is 15.2. The molecule has 1 aliphatic rings. The number of likely N-dealkylation sites (N-methyl/N-ethyl adjacent to an activating group) is 1. The van der Waals surface area contributed by atoms with Gasteiger partial charge in [-0.15, -0.1) is 0 Å². The van der Waals surface area contributed by atoms with Crippen LogP contribution in [0, 0.1) is 0 Å². The Balaban J connectivity index is 1.90. The van der Waals surface area contributed by atoms with E-state index in [1.165, 1.54) is 4.31 Å². The van der Waals surface area contributed by atoms with Crippen LogP contribution in [0.3, 0.4) is 0 Å². The molecule has 22 heavy (non-hydrogen) atoms. The van der Waals surface area contributed by atoms with E-state index in [-0.39, 0.29) is 6.04 Å². The van der Waals surface area contributed by atoms with Gasteiger partial charge in [0.1, 0.15) is 11.6 Å². The minimum absolute atomic E-state index is 0.0643. The lowest BCUT2D eigenvalue weighted by Crippen LogP contribution is -2.37. The molecular formula is C15H18N2O4S. The molecule has 6 nitrogen and oxygen atoms in total. The van der Waals surface area contributed by atoms with Crippen LogP contribution >= 0.6 is 0 Å². The maximum Gasteiger partial charge on any atom is 0.321 e. The highest BCUT2D eigenvalue weighted by molar-refractivity contribution is 7.82. The van der Waals surface area contributed by atoms with Gasteiger partial charge in [-0.25, -0.2) is 8.51 Å². The molecule has 2 heterocycles. The molecule has 1 aromatic carbocycles. The van der Waals surface area contributed by atoms with Gasteiger partial charge in [-0.2, -0.15) is 0 Å². The zero-order valence-corrected chi connectivity index (χ0v) is 13.2. The Morgan fingerprint density at radius 2 is 2.14 bits per heavy atom. The van der Waals surface area contributed by atoms with Crippen molar-refractivity contribution >= 4 is 27.9 Å². The van der Waals surface area contributed by atoms with Gasteiger partial charge in [0.15, 0.2) is 11.0 Å². The highest BCUT2D eigenvalue weighted by Crippen LogP contribution is 2.28. The Hall–Kier alpha value is -1.70. The van der Waals surface area contributed by atoms with Crippen molar-refractivity contribution in [3.05, 3.63) is 30.3 Å². The third-order valence-corrected chi connectivity index (χ3v) is 5.41. The van der Waals surface area contributed by atoms with E-state index >= 15 is 0 Å². The smallest absolute Gasteiger partial charge is 0.321 e. The van der Waals surface area contributed by atoms with E-state index in [1.54, 1.807) is 12.1 Å².